The number of nitrogens with two attached hydrogens (primary N) is 2. The van der Waals surface area contributed by atoms with Crippen LogP contribution in [0.4, 0.5) is 11.8 Å². The lowest BCUT2D eigenvalue weighted by Crippen LogP contribution is -2.15. The molecule has 0 radical (unpaired) electrons. The molecule has 148 valence electrons. The lowest BCUT2D eigenvalue weighted by molar-refractivity contribution is 0.323. The highest BCUT2D eigenvalue weighted by molar-refractivity contribution is 5.89. The average molecular weight is 384 g/mol. The summed E-state index contributed by atoms with van der Waals surface area (Å²) in [7, 11) is 4.77. The van der Waals surface area contributed by atoms with Crippen LogP contribution in [0.2, 0.25) is 0 Å². The molecular formula is C19H24N6O3. The Labute approximate surface area is 163 Å². The maximum Gasteiger partial charge on any atom is 0.224 e. The molecule has 0 spiro atoms. The number of ether oxygens (including phenoxy) is 3. The summed E-state index contributed by atoms with van der Waals surface area (Å²) in [5.74, 6) is 2.25. The van der Waals surface area contributed by atoms with E-state index in [0.29, 0.717) is 41.8 Å². The molecule has 0 aliphatic rings. The second kappa shape index (κ2) is 8.13. The molecule has 28 heavy (non-hydrogen) atoms. The van der Waals surface area contributed by atoms with Gasteiger partial charge in [0.1, 0.15) is 5.82 Å². The Morgan fingerprint density at radius 3 is 2.25 bits per heavy atom. The molecule has 3 aromatic rings. The molecule has 3 rings (SSSR count). The minimum atomic E-state index is 0.116. The fourth-order valence-corrected chi connectivity index (χ4v) is 3.09. The summed E-state index contributed by atoms with van der Waals surface area (Å²) in [6, 6.07) is 3.82. The Morgan fingerprint density at radius 2 is 1.64 bits per heavy atom. The zero-order valence-corrected chi connectivity index (χ0v) is 16.4. The molecule has 0 atom stereocenters. The van der Waals surface area contributed by atoms with Crippen LogP contribution in [0.5, 0.6) is 17.2 Å². The van der Waals surface area contributed by atoms with Crippen molar-refractivity contribution >= 4 is 22.8 Å². The fraction of sp³-hybridized carbons (Fsp3) is 0.316. The van der Waals surface area contributed by atoms with Crippen molar-refractivity contribution < 1.29 is 14.2 Å². The van der Waals surface area contributed by atoms with Crippen molar-refractivity contribution in [3.63, 3.8) is 0 Å². The number of pyridine rings is 1. The molecule has 1 aromatic carbocycles. The van der Waals surface area contributed by atoms with Crippen LogP contribution >= 0.6 is 0 Å². The van der Waals surface area contributed by atoms with Crippen molar-refractivity contribution in [1.29, 1.82) is 0 Å². The number of fused-ring (bicyclic) bond motifs is 1. The minimum Gasteiger partial charge on any atom is -0.493 e. The molecule has 2 heterocycles. The summed E-state index contributed by atoms with van der Waals surface area (Å²) in [5, 5.41) is 4.12. The van der Waals surface area contributed by atoms with Gasteiger partial charge in [-0.15, -0.1) is 0 Å². The lowest BCUT2D eigenvalue weighted by atomic mass is 10.1. The predicted molar refractivity (Wildman–Crippen MR) is 108 cm³/mol. The van der Waals surface area contributed by atoms with E-state index in [1.807, 2.05) is 19.1 Å². The second-order valence-electron chi connectivity index (χ2n) is 6.21. The van der Waals surface area contributed by atoms with Gasteiger partial charge in [0.05, 0.1) is 26.7 Å². The van der Waals surface area contributed by atoms with Crippen LogP contribution in [0.3, 0.4) is 0 Å². The van der Waals surface area contributed by atoms with Crippen molar-refractivity contribution in [2.75, 3.05) is 32.8 Å². The number of aryl methyl sites for hydroxylation is 1. The molecule has 0 unspecified atom stereocenters. The van der Waals surface area contributed by atoms with Gasteiger partial charge in [0.2, 0.25) is 11.7 Å². The molecule has 0 saturated heterocycles. The van der Waals surface area contributed by atoms with E-state index in [4.69, 9.17) is 25.7 Å². The van der Waals surface area contributed by atoms with Gasteiger partial charge in [0.25, 0.3) is 0 Å². The van der Waals surface area contributed by atoms with Crippen LogP contribution in [0.1, 0.15) is 16.7 Å². The number of methoxy groups -OCH3 is 3. The summed E-state index contributed by atoms with van der Waals surface area (Å²) in [6.45, 7) is 3.16. The standard InChI is InChI=1S/C19H24N6O3/c1-10-12(9-23-18-15(10)17(20)24-19(21)25-18)8-22-7-11-5-13(26-2)16(28-4)14(6-11)27-3/h5-6,9,22H,7-8H2,1-4H3,(H4,20,21,23,24,25). The number of hydrogen-bond donors (Lipinski definition) is 3. The van der Waals surface area contributed by atoms with E-state index < -0.39 is 0 Å². The molecule has 0 aliphatic carbocycles. The van der Waals surface area contributed by atoms with Crippen molar-refractivity contribution in [2.45, 2.75) is 20.0 Å². The Bertz CT molecular complexity index is 984. The first-order valence-electron chi connectivity index (χ1n) is 8.65. The van der Waals surface area contributed by atoms with Crippen LogP contribution in [0, 0.1) is 6.92 Å². The first-order chi connectivity index (χ1) is 13.5. The van der Waals surface area contributed by atoms with E-state index in [1.54, 1.807) is 27.5 Å². The van der Waals surface area contributed by atoms with Gasteiger partial charge in [-0.05, 0) is 35.7 Å². The van der Waals surface area contributed by atoms with Gasteiger partial charge in [-0.25, -0.2) is 4.98 Å². The third kappa shape index (κ3) is 3.70. The molecule has 5 N–H and O–H groups in total. The third-order valence-electron chi connectivity index (χ3n) is 4.50. The minimum absolute atomic E-state index is 0.116. The van der Waals surface area contributed by atoms with Gasteiger partial charge < -0.3 is 31.0 Å². The number of nitrogens with one attached hydrogen (secondary N) is 1. The van der Waals surface area contributed by atoms with Crippen molar-refractivity contribution in [3.8, 4) is 17.2 Å². The highest BCUT2D eigenvalue weighted by atomic mass is 16.5. The molecule has 9 heteroatoms. The van der Waals surface area contributed by atoms with E-state index in [1.165, 1.54) is 0 Å². The lowest BCUT2D eigenvalue weighted by Gasteiger charge is -2.15. The van der Waals surface area contributed by atoms with E-state index in [0.717, 1.165) is 22.1 Å². The number of nitrogen functional groups attached to an aromatic ring is 2. The van der Waals surface area contributed by atoms with Crippen molar-refractivity contribution in [2.24, 2.45) is 0 Å². The topological polar surface area (TPSA) is 130 Å². The number of benzene rings is 1. The van der Waals surface area contributed by atoms with Crippen LogP contribution in [-0.4, -0.2) is 36.3 Å². The molecule has 0 amide bonds. The van der Waals surface area contributed by atoms with Crippen LogP contribution in [0.15, 0.2) is 18.3 Å². The predicted octanol–water partition coefficient (Wildman–Crippen LogP) is 1.81. The van der Waals surface area contributed by atoms with Gasteiger partial charge in [-0.3, -0.25) is 0 Å². The number of anilines is 2. The molecule has 0 bridgehead atoms. The smallest absolute Gasteiger partial charge is 0.224 e. The molecule has 9 nitrogen and oxygen atoms in total. The van der Waals surface area contributed by atoms with Crippen molar-refractivity contribution in [1.82, 2.24) is 20.3 Å². The molecule has 0 aliphatic heterocycles. The Morgan fingerprint density at radius 1 is 0.964 bits per heavy atom. The van der Waals surface area contributed by atoms with E-state index in [-0.39, 0.29) is 5.95 Å². The summed E-state index contributed by atoms with van der Waals surface area (Å²) in [4.78, 5) is 12.5. The summed E-state index contributed by atoms with van der Waals surface area (Å²) < 4.78 is 16.1. The highest BCUT2D eigenvalue weighted by Gasteiger charge is 2.14. The summed E-state index contributed by atoms with van der Waals surface area (Å²) >= 11 is 0. The Balaban J connectivity index is 1.79. The van der Waals surface area contributed by atoms with Gasteiger partial charge in [-0.2, -0.15) is 9.97 Å². The Kier molecular flexibility index (Phi) is 5.65. The molecule has 2 aromatic heterocycles. The van der Waals surface area contributed by atoms with Gasteiger partial charge in [0, 0.05) is 19.3 Å². The zero-order valence-electron chi connectivity index (χ0n) is 16.4. The summed E-state index contributed by atoms with van der Waals surface area (Å²) in [6.07, 6.45) is 1.77. The first kappa shape index (κ1) is 19.4. The maximum atomic E-state index is 6.01. The number of hydrogen-bond acceptors (Lipinski definition) is 9. The van der Waals surface area contributed by atoms with Crippen LogP contribution in [-0.2, 0) is 13.1 Å². The van der Waals surface area contributed by atoms with Crippen molar-refractivity contribution in [3.05, 3.63) is 35.0 Å². The van der Waals surface area contributed by atoms with Gasteiger partial charge in [0.15, 0.2) is 17.1 Å². The van der Waals surface area contributed by atoms with E-state index in [9.17, 15) is 0 Å². The monoisotopic (exact) mass is 384 g/mol. The number of nitrogens with zero attached hydrogens (tertiary/aromatic N) is 3. The second-order valence-corrected chi connectivity index (χ2v) is 6.21. The van der Waals surface area contributed by atoms with Gasteiger partial charge in [-0.1, -0.05) is 0 Å². The molecule has 0 fully saturated rings. The summed E-state index contributed by atoms with van der Waals surface area (Å²) in [5.41, 5.74) is 15.1. The first-order valence-corrected chi connectivity index (χ1v) is 8.65. The largest absolute Gasteiger partial charge is 0.493 e. The van der Waals surface area contributed by atoms with Crippen LogP contribution < -0.4 is 31.0 Å². The maximum absolute atomic E-state index is 6.01. The van der Waals surface area contributed by atoms with E-state index >= 15 is 0 Å². The number of rotatable bonds is 7. The van der Waals surface area contributed by atoms with Crippen LogP contribution in [0.25, 0.3) is 11.0 Å². The fourth-order valence-electron chi connectivity index (χ4n) is 3.09. The third-order valence-corrected chi connectivity index (χ3v) is 4.50. The van der Waals surface area contributed by atoms with E-state index in [2.05, 4.69) is 20.3 Å². The SMILES string of the molecule is COc1cc(CNCc2cnc3nc(N)nc(N)c3c2C)cc(OC)c1OC. The zero-order chi connectivity index (χ0) is 20.3. The molecule has 0 saturated carbocycles. The normalized spacial score (nSPS) is 10.9. The highest BCUT2D eigenvalue weighted by Crippen LogP contribution is 2.38. The Hall–Kier alpha value is -3.33. The number of aromatic nitrogens is 3. The quantitative estimate of drug-likeness (QED) is 0.558. The molecular weight excluding hydrogens is 360 g/mol. The van der Waals surface area contributed by atoms with Gasteiger partial charge >= 0.3 is 0 Å². The average Bonchev–Trinajstić information content (AvgIpc) is 2.68.